The van der Waals surface area contributed by atoms with Crippen LogP contribution in [0.4, 0.5) is 0 Å². The fraction of sp³-hybridized carbons (Fsp3) is 0.0297. The first-order valence-electron chi connectivity index (χ1n) is 39.0. The van der Waals surface area contributed by atoms with Crippen LogP contribution in [0.5, 0.6) is 5.75 Å². The van der Waals surface area contributed by atoms with Crippen LogP contribution in [0.3, 0.4) is 0 Å². The van der Waals surface area contributed by atoms with Gasteiger partial charge in [0.2, 0.25) is 6.23 Å². The molecule has 0 amide bonds. The van der Waals surface area contributed by atoms with E-state index >= 15 is 0 Å². The number of nitrogens with zero attached hydrogens (tertiary/aromatic N) is 12. The van der Waals surface area contributed by atoms with Crippen LogP contribution in [0.1, 0.15) is 28.4 Å². The second kappa shape index (κ2) is 27.5. The molecule has 0 saturated carbocycles. The van der Waals surface area contributed by atoms with Crippen LogP contribution < -0.4 is 15.4 Å². The normalized spacial score (nSPS) is 15.7. The number of allylic oxidation sites excluding steroid dienone is 3. The van der Waals surface area contributed by atoms with Gasteiger partial charge in [0.05, 0.1) is 22.1 Å². The van der Waals surface area contributed by atoms with Crippen molar-refractivity contribution >= 4 is 66.8 Å². The van der Waals surface area contributed by atoms with Crippen molar-refractivity contribution in [1.82, 2.24) is 59.6 Å². The van der Waals surface area contributed by atoms with Crippen LogP contribution in [0.15, 0.2) is 379 Å². The van der Waals surface area contributed by atoms with Crippen molar-refractivity contribution in [2.75, 3.05) is 0 Å². The molecule has 16 heteroatoms. The van der Waals surface area contributed by atoms with E-state index in [-0.39, 0.29) is 6.04 Å². The highest BCUT2D eigenvalue weighted by Gasteiger charge is 2.41. The number of hydrogen-bond donors (Lipinski definition) is 2. The molecule has 16 nitrogen and oxygen atoms in total. The van der Waals surface area contributed by atoms with E-state index in [1.54, 1.807) is 6.21 Å². The van der Waals surface area contributed by atoms with Crippen molar-refractivity contribution in [3.63, 3.8) is 0 Å². The molecule has 2 N–H and O–H groups in total. The molecule has 18 aromatic rings. The molecule has 5 aromatic heterocycles. The Kier molecular flexibility index (Phi) is 15.7. The summed E-state index contributed by atoms with van der Waals surface area (Å²) in [6, 6.07) is 115. The van der Waals surface area contributed by atoms with Crippen molar-refractivity contribution < 1.29 is 9.47 Å². The molecule has 10 heterocycles. The van der Waals surface area contributed by atoms with Gasteiger partial charge in [-0.25, -0.2) is 49.9 Å². The van der Waals surface area contributed by atoms with Gasteiger partial charge in [0.1, 0.15) is 29.0 Å². The van der Waals surface area contributed by atoms with E-state index in [1.807, 2.05) is 103 Å². The summed E-state index contributed by atoms with van der Waals surface area (Å²) < 4.78 is 17.9. The third-order valence-corrected chi connectivity index (χ3v) is 22.5. The second-order valence-corrected chi connectivity index (χ2v) is 29.5. The van der Waals surface area contributed by atoms with Crippen molar-refractivity contribution in [1.29, 1.82) is 0 Å². The second-order valence-electron chi connectivity index (χ2n) is 29.5. The van der Waals surface area contributed by atoms with Gasteiger partial charge in [-0.1, -0.05) is 255 Å². The van der Waals surface area contributed by atoms with Crippen molar-refractivity contribution in [2.24, 2.45) is 9.98 Å². The lowest BCUT2D eigenvalue weighted by Gasteiger charge is -2.26. The van der Waals surface area contributed by atoms with Gasteiger partial charge in [0.25, 0.3) is 0 Å². The number of fused-ring (bicyclic) bond motifs is 11. The van der Waals surface area contributed by atoms with Crippen LogP contribution >= 0.6 is 0 Å². The molecular weight excluding hydrogens is 1440 g/mol. The molecular formula is C101H64N14O2. The minimum absolute atomic E-state index is 0.251. The summed E-state index contributed by atoms with van der Waals surface area (Å²) >= 11 is 0. The monoisotopic (exact) mass is 1500 g/mol. The van der Waals surface area contributed by atoms with Crippen LogP contribution in [0, 0.1) is 0 Å². The number of dihydropyridines is 1. The molecule has 0 bridgehead atoms. The Morgan fingerprint density at radius 1 is 0.316 bits per heavy atom. The van der Waals surface area contributed by atoms with Gasteiger partial charge in [-0.2, -0.15) is 0 Å². The third-order valence-electron chi connectivity index (χ3n) is 22.5. The lowest BCUT2D eigenvalue weighted by Crippen LogP contribution is -2.34. The highest BCUT2D eigenvalue weighted by Crippen LogP contribution is 2.47. The van der Waals surface area contributed by atoms with E-state index in [2.05, 4.69) is 273 Å². The maximum Gasteiger partial charge on any atom is 0.217 e. The molecule has 3 atom stereocenters. The van der Waals surface area contributed by atoms with Gasteiger partial charge < -0.3 is 29.2 Å². The molecule has 0 aliphatic carbocycles. The smallest absolute Gasteiger partial charge is 0.217 e. The Morgan fingerprint density at radius 3 is 1.21 bits per heavy atom. The van der Waals surface area contributed by atoms with E-state index < -0.39 is 12.5 Å². The van der Waals surface area contributed by atoms with E-state index in [0.29, 0.717) is 57.9 Å². The Hall–Kier alpha value is -15.9. The molecule has 550 valence electrons. The first-order valence-corrected chi connectivity index (χ1v) is 39.0. The minimum atomic E-state index is -0.498. The van der Waals surface area contributed by atoms with Gasteiger partial charge in [-0.05, 0) is 119 Å². The van der Waals surface area contributed by atoms with Crippen LogP contribution in [0.2, 0.25) is 0 Å². The molecule has 23 rings (SSSR count). The average Bonchev–Trinajstić information content (AvgIpc) is 1.62. The number of nitrogens with one attached hydrogen (secondary N) is 2. The van der Waals surface area contributed by atoms with E-state index in [9.17, 15) is 0 Å². The highest BCUT2D eigenvalue weighted by molar-refractivity contribution is 6.10. The molecule has 117 heavy (non-hydrogen) atoms. The largest absolute Gasteiger partial charge is 0.464 e. The third kappa shape index (κ3) is 11.7. The Bertz CT molecular complexity index is 7170. The van der Waals surface area contributed by atoms with Crippen LogP contribution in [-0.4, -0.2) is 73.5 Å². The zero-order valence-electron chi connectivity index (χ0n) is 62.5. The molecule has 5 aliphatic heterocycles. The Balaban J connectivity index is 0.551. The summed E-state index contributed by atoms with van der Waals surface area (Å²) in [6.07, 6.45) is 7.10. The minimum Gasteiger partial charge on any atom is -0.464 e. The molecule has 13 aromatic carbocycles. The number of benzene rings is 13. The van der Waals surface area contributed by atoms with Gasteiger partial charge in [-0.15, -0.1) is 0 Å². The number of aromatic nitrogens is 10. The van der Waals surface area contributed by atoms with Gasteiger partial charge in [-0.3, -0.25) is 0 Å². The summed E-state index contributed by atoms with van der Waals surface area (Å²) in [4.78, 5) is 51.5. The SMILES string of the molecule is C1=NC2OC3=C(N=C(c4ccc(-c5nc(-c6ccc(-c7cccc(C8=CNC9Oc%10c(nc(-c%11ccc(-c%12nc(-c%13ccccc%13)nc(-c%13ccc(-n%14c%15ccccc%15c%15ccccc%15%14)cc%13)n%12)cc%11)nc%10-c%10ccccc%10)C9=C8)c7)cc6)nc(-c6ccc(-n7c8ccccc8c8ccccc87)cc6)n5)cc4)NC3c3ccccc3)C2=C1. The standard InChI is InChI=1S/C101H64N14O2/c1-4-19-61(20-5-1)86-90-88(80-55-56-102-100(80)116-90)106-92(104-86)64-39-43-68(44-40-64)97-110-95(111-99(113-97)70-49-53-75(54-50-70)115-84-33-16-12-29-78(84)79-30-13-17-34-85(79)115)66-37-35-60(36-38-66)71-25-18-26-72(57-71)73-58-81-89-91(117-101(81)103-59-73)87(62-21-6-2-7-22-62)105-93(107-89)65-41-45-67(46-42-65)96-108-94(63-23-8-3-9-24-63)109-98(112-96)69-47-51-74(52-48-69)114-82-31-14-10-27-76(82)77-28-11-15-32-83(77)114/h1-59,86,100-101,103H,(H,104,106). The molecule has 3 unspecified atom stereocenters. The summed E-state index contributed by atoms with van der Waals surface area (Å²) in [5.74, 6) is 5.97. The highest BCUT2D eigenvalue weighted by atomic mass is 16.5. The Morgan fingerprint density at radius 2 is 0.709 bits per heavy atom. The quantitative estimate of drug-likeness (QED) is 0.105. The first-order chi connectivity index (χ1) is 57.9. The number of rotatable bonds is 14. The van der Waals surface area contributed by atoms with E-state index in [1.165, 1.54) is 21.5 Å². The molecule has 0 fully saturated rings. The van der Waals surface area contributed by atoms with E-state index in [0.717, 1.165) is 140 Å². The predicted octanol–water partition coefficient (Wildman–Crippen LogP) is 21.5. The van der Waals surface area contributed by atoms with Crippen LogP contribution in [0.25, 0.3) is 168 Å². The maximum absolute atomic E-state index is 6.81. The number of aliphatic imine (C=N–C) groups is 2. The number of para-hydroxylation sites is 4. The molecule has 0 spiro atoms. The fourth-order valence-corrected chi connectivity index (χ4v) is 16.7. The zero-order chi connectivity index (χ0) is 77.0. The molecule has 0 saturated heterocycles. The first kappa shape index (κ1) is 66.8. The van der Waals surface area contributed by atoms with Gasteiger partial charge in [0, 0.05) is 107 Å². The lowest BCUT2D eigenvalue weighted by molar-refractivity contribution is 0.158. The van der Waals surface area contributed by atoms with Crippen molar-refractivity contribution in [3.8, 4) is 119 Å². The van der Waals surface area contributed by atoms with Gasteiger partial charge in [0.15, 0.2) is 58.5 Å². The number of ether oxygens (including phenoxy) is 2. The van der Waals surface area contributed by atoms with E-state index in [4.69, 9.17) is 54.3 Å². The topological polar surface area (TPSA) is 180 Å². The van der Waals surface area contributed by atoms with Crippen LogP contribution in [-0.2, 0) is 4.74 Å². The van der Waals surface area contributed by atoms with Crippen molar-refractivity contribution in [2.45, 2.75) is 18.5 Å². The lowest BCUT2D eigenvalue weighted by atomic mass is 9.95. The summed E-state index contributed by atoms with van der Waals surface area (Å²) in [5, 5.41) is 12.1. The zero-order valence-corrected chi connectivity index (χ0v) is 62.5. The van der Waals surface area contributed by atoms with Crippen molar-refractivity contribution in [3.05, 3.63) is 391 Å². The Labute approximate surface area is 671 Å². The van der Waals surface area contributed by atoms with Gasteiger partial charge >= 0.3 is 0 Å². The number of amidine groups is 1. The number of hydrogen-bond acceptors (Lipinski definition) is 14. The predicted molar refractivity (Wildman–Crippen MR) is 464 cm³/mol. The average molecular weight is 1510 g/mol. The summed E-state index contributed by atoms with van der Waals surface area (Å²) in [7, 11) is 0. The molecule has 0 radical (unpaired) electrons. The fourth-order valence-electron chi connectivity index (χ4n) is 16.7. The maximum atomic E-state index is 6.81. The summed E-state index contributed by atoms with van der Waals surface area (Å²) in [5.41, 5.74) is 23.5. The molecule has 5 aliphatic rings. The summed E-state index contributed by atoms with van der Waals surface area (Å²) in [6.45, 7) is 0.